The minimum absolute atomic E-state index is 0.0262. The average Bonchev–Trinajstić information content (AvgIpc) is 2.68. The molecule has 0 radical (unpaired) electrons. The molecule has 0 aliphatic carbocycles. The molecular formula is C20H22N2O4. The van der Waals surface area contributed by atoms with E-state index in [9.17, 15) is 9.59 Å². The lowest BCUT2D eigenvalue weighted by Crippen LogP contribution is -2.45. The second kappa shape index (κ2) is 8.49. The first kappa shape index (κ1) is 17.9. The van der Waals surface area contributed by atoms with Gasteiger partial charge in [-0.05, 0) is 30.2 Å². The largest absolute Gasteiger partial charge is 0.482 e. The van der Waals surface area contributed by atoms with E-state index >= 15 is 0 Å². The van der Waals surface area contributed by atoms with Gasteiger partial charge in [0, 0.05) is 13.2 Å². The summed E-state index contributed by atoms with van der Waals surface area (Å²) in [4.78, 5) is 25.8. The number of nitrogens with one attached hydrogen (secondary N) is 1. The Labute approximate surface area is 152 Å². The molecule has 2 aromatic rings. The molecule has 1 aliphatic rings. The van der Waals surface area contributed by atoms with Gasteiger partial charge in [0.15, 0.2) is 6.61 Å². The van der Waals surface area contributed by atoms with Crippen LogP contribution in [0.25, 0.3) is 0 Å². The molecule has 1 heterocycles. The van der Waals surface area contributed by atoms with E-state index in [1.165, 1.54) is 4.90 Å². The number of rotatable bonds is 7. The zero-order valence-electron chi connectivity index (χ0n) is 14.7. The Hall–Kier alpha value is -2.86. The highest BCUT2D eigenvalue weighted by Crippen LogP contribution is 2.31. The van der Waals surface area contributed by atoms with Crippen molar-refractivity contribution in [3.05, 3.63) is 59.7 Å². The van der Waals surface area contributed by atoms with Gasteiger partial charge in [-0.25, -0.2) is 0 Å². The number of amides is 2. The third kappa shape index (κ3) is 4.40. The van der Waals surface area contributed by atoms with E-state index in [1.54, 1.807) is 12.1 Å². The summed E-state index contributed by atoms with van der Waals surface area (Å²) in [6.45, 7) is 3.56. The lowest BCUT2D eigenvalue weighted by Gasteiger charge is -2.28. The summed E-state index contributed by atoms with van der Waals surface area (Å²) < 4.78 is 10.7. The van der Waals surface area contributed by atoms with Crippen molar-refractivity contribution < 1.29 is 19.1 Å². The Kier molecular flexibility index (Phi) is 5.86. The number of para-hydroxylation sites is 2. The molecule has 0 unspecified atom stereocenters. The Morgan fingerprint density at radius 1 is 1.15 bits per heavy atom. The highest BCUT2D eigenvalue weighted by atomic mass is 16.5. The van der Waals surface area contributed by atoms with Gasteiger partial charge in [0.1, 0.15) is 12.3 Å². The van der Waals surface area contributed by atoms with E-state index in [-0.39, 0.29) is 25.0 Å². The number of carbonyl (C=O) groups is 2. The van der Waals surface area contributed by atoms with Crippen molar-refractivity contribution in [2.75, 3.05) is 24.7 Å². The van der Waals surface area contributed by atoms with Crippen LogP contribution in [0.4, 0.5) is 5.69 Å². The molecule has 2 aromatic carbocycles. The molecule has 1 aliphatic heterocycles. The van der Waals surface area contributed by atoms with Crippen LogP contribution in [0, 0.1) is 0 Å². The standard InChI is InChI=1S/C20H22N2O4/c1-2-25-13-16-9-7-15(8-10-16)11-21-19(23)12-22-17-5-3-4-6-18(17)26-14-20(22)24/h3-10H,2,11-14H2,1H3,(H,21,23). The van der Waals surface area contributed by atoms with Crippen LogP contribution >= 0.6 is 0 Å². The molecule has 0 spiro atoms. The fraction of sp³-hybridized carbons (Fsp3) is 0.300. The number of fused-ring (bicyclic) bond motifs is 1. The average molecular weight is 354 g/mol. The van der Waals surface area contributed by atoms with Gasteiger partial charge in [0.25, 0.3) is 5.91 Å². The number of nitrogens with zero attached hydrogens (tertiary/aromatic N) is 1. The van der Waals surface area contributed by atoms with E-state index in [2.05, 4.69) is 5.32 Å². The van der Waals surface area contributed by atoms with Crippen LogP contribution in [0.5, 0.6) is 5.75 Å². The Morgan fingerprint density at radius 2 is 1.88 bits per heavy atom. The van der Waals surface area contributed by atoms with Crippen LogP contribution in [-0.4, -0.2) is 31.6 Å². The van der Waals surface area contributed by atoms with E-state index in [0.717, 1.165) is 11.1 Å². The van der Waals surface area contributed by atoms with Gasteiger partial charge in [0.05, 0.1) is 12.3 Å². The van der Waals surface area contributed by atoms with Crippen LogP contribution in [-0.2, 0) is 27.5 Å². The summed E-state index contributed by atoms with van der Waals surface area (Å²) in [6, 6.07) is 15.1. The molecular weight excluding hydrogens is 332 g/mol. The first-order valence-corrected chi connectivity index (χ1v) is 8.62. The van der Waals surface area contributed by atoms with Crippen LogP contribution < -0.4 is 15.0 Å². The van der Waals surface area contributed by atoms with Gasteiger partial charge in [-0.15, -0.1) is 0 Å². The molecule has 0 fully saturated rings. The Morgan fingerprint density at radius 3 is 2.65 bits per heavy atom. The van der Waals surface area contributed by atoms with E-state index in [1.807, 2.05) is 43.3 Å². The SMILES string of the molecule is CCOCc1ccc(CNC(=O)CN2C(=O)COc3ccccc32)cc1. The zero-order chi connectivity index (χ0) is 18.4. The summed E-state index contributed by atoms with van der Waals surface area (Å²) >= 11 is 0. The molecule has 0 saturated carbocycles. The number of benzene rings is 2. The predicted octanol–water partition coefficient (Wildman–Crippen LogP) is 2.26. The highest BCUT2D eigenvalue weighted by molar-refractivity contribution is 6.02. The van der Waals surface area contributed by atoms with Gasteiger partial charge in [-0.1, -0.05) is 36.4 Å². The molecule has 0 saturated heterocycles. The van der Waals surface area contributed by atoms with Crippen LogP contribution in [0.15, 0.2) is 48.5 Å². The van der Waals surface area contributed by atoms with Crippen molar-refractivity contribution in [2.45, 2.75) is 20.1 Å². The molecule has 136 valence electrons. The maximum absolute atomic E-state index is 12.3. The summed E-state index contributed by atoms with van der Waals surface area (Å²) in [7, 11) is 0. The number of carbonyl (C=O) groups excluding carboxylic acids is 2. The number of ether oxygens (including phenoxy) is 2. The van der Waals surface area contributed by atoms with Crippen molar-refractivity contribution in [1.29, 1.82) is 0 Å². The molecule has 0 bridgehead atoms. The minimum atomic E-state index is -0.223. The first-order chi connectivity index (χ1) is 12.7. The molecule has 2 amide bonds. The lowest BCUT2D eigenvalue weighted by atomic mass is 10.1. The van der Waals surface area contributed by atoms with Crippen molar-refractivity contribution in [3.8, 4) is 5.75 Å². The quantitative estimate of drug-likeness (QED) is 0.828. The number of hydrogen-bond acceptors (Lipinski definition) is 4. The lowest BCUT2D eigenvalue weighted by molar-refractivity contribution is -0.125. The van der Waals surface area contributed by atoms with Crippen LogP contribution in [0.1, 0.15) is 18.1 Å². The van der Waals surface area contributed by atoms with E-state index in [4.69, 9.17) is 9.47 Å². The van der Waals surface area contributed by atoms with E-state index in [0.29, 0.717) is 31.2 Å². The molecule has 3 rings (SSSR count). The molecule has 6 nitrogen and oxygen atoms in total. The first-order valence-electron chi connectivity index (χ1n) is 8.62. The maximum Gasteiger partial charge on any atom is 0.265 e. The molecule has 6 heteroatoms. The topological polar surface area (TPSA) is 67.9 Å². The van der Waals surface area contributed by atoms with Crippen LogP contribution in [0.3, 0.4) is 0 Å². The zero-order valence-corrected chi connectivity index (χ0v) is 14.7. The fourth-order valence-electron chi connectivity index (χ4n) is 2.70. The van der Waals surface area contributed by atoms with Gasteiger partial charge >= 0.3 is 0 Å². The fourth-order valence-corrected chi connectivity index (χ4v) is 2.70. The Bertz CT molecular complexity index is 774. The van der Waals surface area contributed by atoms with Crippen molar-refractivity contribution in [1.82, 2.24) is 5.32 Å². The van der Waals surface area contributed by atoms with Gasteiger partial charge in [0.2, 0.25) is 5.91 Å². The number of hydrogen-bond donors (Lipinski definition) is 1. The third-order valence-electron chi connectivity index (χ3n) is 4.10. The van der Waals surface area contributed by atoms with Crippen LogP contribution in [0.2, 0.25) is 0 Å². The van der Waals surface area contributed by atoms with Crippen molar-refractivity contribution in [2.24, 2.45) is 0 Å². The summed E-state index contributed by atoms with van der Waals surface area (Å²) in [5.74, 6) is 0.178. The predicted molar refractivity (Wildman–Crippen MR) is 97.9 cm³/mol. The summed E-state index contributed by atoms with van der Waals surface area (Å²) in [6.07, 6.45) is 0. The molecule has 1 N–H and O–H groups in total. The molecule has 0 aromatic heterocycles. The van der Waals surface area contributed by atoms with Gasteiger partial charge in [-0.2, -0.15) is 0 Å². The third-order valence-corrected chi connectivity index (χ3v) is 4.10. The highest BCUT2D eigenvalue weighted by Gasteiger charge is 2.26. The van der Waals surface area contributed by atoms with Crippen molar-refractivity contribution >= 4 is 17.5 Å². The summed E-state index contributed by atoms with van der Waals surface area (Å²) in [5, 5.41) is 2.86. The summed E-state index contributed by atoms with van der Waals surface area (Å²) in [5.41, 5.74) is 2.71. The minimum Gasteiger partial charge on any atom is -0.482 e. The number of anilines is 1. The Balaban J connectivity index is 1.55. The normalized spacial score (nSPS) is 13.1. The molecule has 0 atom stereocenters. The maximum atomic E-state index is 12.3. The smallest absolute Gasteiger partial charge is 0.265 e. The van der Waals surface area contributed by atoms with Gasteiger partial charge in [-0.3, -0.25) is 14.5 Å². The van der Waals surface area contributed by atoms with Crippen molar-refractivity contribution in [3.63, 3.8) is 0 Å². The monoisotopic (exact) mass is 354 g/mol. The van der Waals surface area contributed by atoms with Gasteiger partial charge < -0.3 is 14.8 Å². The van der Waals surface area contributed by atoms with E-state index < -0.39 is 0 Å². The second-order valence-corrected chi connectivity index (χ2v) is 5.97. The second-order valence-electron chi connectivity index (χ2n) is 5.97. The molecule has 26 heavy (non-hydrogen) atoms.